The molecule has 4 heteroatoms. The van der Waals surface area contributed by atoms with Crippen LogP contribution in [0.15, 0.2) is 12.1 Å². The van der Waals surface area contributed by atoms with Gasteiger partial charge in [-0.05, 0) is 24.6 Å². The molecule has 0 saturated carbocycles. The van der Waals surface area contributed by atoms with Crippen LogP contribution in [0.5, 0.6) is 5.75 Å². The second-order valence-electron chi connectivity index (χ2n) is 3.01. The number of ether oxygens (including phenoxy) is 1. The summed E-state index contributed by atoms with van der Waals surface area (Å²) < 4.78 is 5.16. The van der Waals surface area contributed by atoms with Crippen molar-refractivity contribution in [1.29, 1.82) is 0 Å². The van der Waals surface area contributed by atoms with Crippen molar-refractivity contribution in [2.24, 2.45) is 0 Å². The van der Waals surface area contributed by atoms with Crippen molar-refractivity contribution >= 4 is 27.5 Å². The fourth-order valence-electron chi connectivity index (χ4n) is 1.19. The molecule has 1 aromatic carbocycles. The van der Waals surface area contributed by atoms with Gasteiger partial charge in [0.05, 0.1) is 13.2 Å². The number of aryl methyl sites for hydroxylation is 1. The summed E-state index contributed by atoms with van der Waals surface area (Å²) in [6.07, 6.45) is -0.594. The van der Waals surface area contributed by atoms with Gasteiger partial charge in [0.2, 0.25) is 0 Å². The molecule has 1 aromatic rings. The number of aliphatic hydroxyl groups excluding tert-OH is 1. The summed E-state index contributed by atoms with van der Waals surface area (Å²) in [5, 5.41) is 10.8. The normalized spacial score (nSPS) is 12.6. The number of halogens is 2. The molecule has 1 atom stereocenters. The highest BCUT2D eigenvalue weighted by Crippen LogP contribution is 2.31. The largest absolute Gasteiger partial charge is 0.496 e. The van der Waals surface area contributed by atoms with Crippen LogP contribution in [-0.4, -0.2) is 17.5 Å². The summed E-state index contributed by atoms with van der Waals surface area (Å²) in [4.78, 5) is 0. The summed E-state index contributed by atoms with van der Waals surface area (Å²) in [5.41, 5.74) is 1.65. The van der Waals surface area contributed by atoms with Crippen molar-refractivity contribution in [1.82, 2.24) is 0 Å². The Labute approximate surface area is 97.0 Å². The lowest BCUT2D eigenvalue weighted by molar-refractivity contribution is 0.200. The van der Waals surface area contributed by atoms with E-state index in [1.54, 1.807) is 13.2 Å². The molecule has 0 fully saturated rings. The Morgan fingerprint density at radius 1 is 1.57 bits per heavy atom. The molecule has 0 aliphatic heterocycles. The average molecular weight is 280 g/mol. The molecule has 0 aliphatic rings. The Kier molecular flexibility index (Phi) is 4.23. The lowest BCUT2D eigenvalue weighted by Gasteiger charge is -2.14. The molecule has 0 spiro atoms. The third-order valence-corrected chi connectivity index (χ3v) is 3.04. The lowest BCUT2D eigenvalue weighted by Crippen LogP contribution is -2.02. The van der Waals surface area contributed by atoms with Crippen molar-refractivity contribution in [2.75, 3.05) is 12.4 Å². The van der Waals surface area contributed by atoms with E-state index >= 15 is 0 Å². The molecule has 1 unspecified atom stereocenters. The smallest absolute Gasteiger partial charge is 0.125 e. The number of aliphatic hydroxyl groups is 1. The van der Waals surface area contributed by atoms with Crippen LogP contribution in [0.1, 0.15) is 17.2 Å². The van der Waals surface area contributed by atoms with Gasteiger partial charge in [-0.1, -0.05) is 27.5 Å². The number of hydrogen-bond acceptors (Lipinski definition) is 2. The van der Waals surface area contributed by atoms with Crippen LogP contribution in [0.25, 0.3) is 0 Å². The summed E-state index contributed by atoms with van der Waals surface area (Å²) in [6.45, 7) is 1.90. The Balaban J connectivity index is 3.19. The highest BCUT2D eigenvalue weighted by Gasteiger charge is 2.13. The predicted octanol–water partition coefficient (Wildman–Crippen LogP) is 3.09. The fraction of sp³-hybridized carbons (Fsp3) is 0.400. The quantitative estimate of drug-likeness (QED) is 0.862. The Bertz CT molecular complexity index is 328. The maximum absolute atomic E-state index is 9.67. The third-order valence-electron chi connectivity index (χ3n) is 2.02. The Morgan fingerprint density at radius 3 is 2.71 bits per heavy atom. The summed E-state index contributed by atoms with van der Waals surface area (Å²) >= 11 is 9.17. The van der Waals surface area contributed by atoms with Gasteiger partial charge in [0, 0.05) is 15.9 Å². The lowest BCUT2D eigenvalue weighted by atomic mass is 10.1. The van der Waals surface area contributed by atoms with E-state index in [9.17, 15) is 5.11 Å². The predicted molar refractivity (Wildman–Crippen MR) is 61.5 cm³/mol. The molecule has 1 rings (SSSR count). The van der Waals surface area contributed by atoms with Crippen molar-refractivity contribution < 1.29 is 9.84 Å². The molecule has 2 nitrogen and oxygen atoms in total. The standard InChI is InChI=1S/C10H12BrClO2/c1-6-3-10(14-2)7(4-8(6)12)9(13)5-11/h3-4,9,13H,5H2,1-2H3. The molecule has 14 heavy (non-hydrogen) atoms. The first-order chi connectivity index (χ1) is 6.60. The molecule has 0 aliphatic carbocycles. The van der Waals surface area contributed by atoms with Crippen molar-refractivity contribution in [3.63, 3.8) is 0 Å². The number of hydrogen-bond donors (Lipinski definition) is 1. The van der Waals surface area contributed by atoms with Crippen LogP contribution in [0, 0.1) is 6.92 Å². The first-order valence-corrected chi connectivity index (χ1v) is 5.68. The van der Waals surface area contributed by atoms with Gasteiger partial charge in [-0.3, -0.25) is 0 Å². The summed E-state index contributed by atoms with van der Waals surface area (Å²) in [5.74, 6) is 0.666. The average Bonchev–Trinajstić information content (AvgIpc) is 2.20. The maximum atomic E-state index is 9.67. The minimum absolute atomic E-state index is 0.461. The first-order valence-electron chi connectivity index (χ1n) is 4.18. The van der Waals surface area contributed by atoms with E-state index in [4.69, 9.17) is 16.3 Å². The minimum Gasteiger partial charge on any atom is -0.496 e. The zero-order chi connectivity index (χ0) is 10.7. The molecule has 0 aromatic heterocycles. The molecule has 1 N–H and O–H groups in total. The molecular formula is C10H12BrClO2. The monoisotopic (exact) mass is 278 g/mol. The molecule has 0 bridgehead atoms. The number of alkyl halides is 1. The third kappa shape index (κ3) is 2.41. The van der Waals surface area contributed by atoms with Crippen molar-refractivity contribution in [3.8, 4) is 5.75 Å². The van der Waals surface area contributed by atoms with Crippen LogP contribution in [0.4, 0.5) is 0 Å². The van der Waals surface area contributed by atoms with Gasteiger partial charge >= 0.3 is 0 Å². The van der Waals surface area contributed by atoms with Crippen molar-refractivity contribution in [2.45, 2.75) is 13.0 Å². The molecule has 0 radical (unpaired) electrons. The van der Waals surface area contributed by atoms with E-state index in [1.165, 1.54) is 0 Å². The molecule has 78 valence electrons. The zero-order valence-corrected chi connectivity index (χ0v) is 10.4. The molecule has 0 amide bonds. The van der Waals surface area contributed by atoms with E-state index in [2.05, 4.69) is 15.9 Å². The van der Waals surface area contributed by atoms with Gasteiger partial charge in [-0.15, -0.1) is 0 Å². The molecule has 0 heterocycles. The highest BCUT2D eigenvalue weighted by atomic mass is 79.9. The van der Waals surface area contributed by atoms with E-state index in [1.807, 2.05) is 13.0 Å². The topological polar surface area (TPSA) is 29.5 Å². The van der Waals surface area contributed by atoms with Gasteiger partial charge in [0.1, 0.15) is 5.75 Å². The van der Waals surface area contributed by atoms with Gasteiger partial charge in [0.15, 0.2) is 0 Å². The molecule has 0 saturated heterocycles. The van der Waals surface area contributed by atoms with Crippen LogP contribution in [0.2, 0.25) is 5.02 Å². The van der Waals surface area contributed by atoms with Crippen LogP contribution in [0.3, 0.4) is 0 Å². The number of rotatable bonds is 3. The van der Waals surface area contributed by atoms with Crippen molar-refractivity contribution in [3.05, 3.63) is 28.3 Å². The first kappa shape index (κ1) is 11.8. The molecular weight excluding hydrogens is 267 g/mol. The van der Waals surface area contributed by atoms with Crippen LogP contribution < -0.4 is 4.74 Å². The van der Waals surface area contributed by atoms with Gasteiger partial charge in [-0.2, -0.15) is 0 Å². The number of benzene rings is 1. The maximum Gasteiger partial charge on any atom is 0.125 e. The number of methoxy groups -OCH3 is 1. The summed E-state index contributed by atoms with van der Waals surface area (Å²) in [7, 11) is 1.58. The van der Waals surface area contributed by atoms with Gasteiger partial charge < -0.3 is 9.84 Å². The Morgan fingerprint density at radius 2 is 2.21 bits per heavy atom. The Hall–Kier alpha value is -0.250. The van der Waals surface area contributed by atoms with E-state index in [-0.39, 0.29) is 0 Å². The van der Waals surface area contributed by atoms with E-state index < -0.39 is 6.10 Å². The van der Waals surface area contributed by atoms with Gasteiger partial charge in [0.25, 0.3) is 0 Å². The van der Waals surface area contributed by atoms with Gasteiger partial charge in [-0.25, -0.2) is 0 Å². The zero-order valence-electron chi connectivity index (χ0n) is 8.05. The second-order valence-corrected chi connectivity index (χ2v) is 4.07. The van der Waals surface area contributed by atoms with Crippen LogP contribution in [-0.2, 0) is 0 Å². The van der Waals surface area contributed by atoms with E-state index in [0.29, 0.717) is 21.7 Å². The minimum atomic E-state index is -0.594. The fourth-order valence-corrected chi connectivity index (χ4v) is 1.71. The highest BCUT2D eigenvalue weighted by molar-refractivity contribution is 9.09. The SMILES string of the molecule is COc1cc(C)c(Cl)cc1C(O)CBr. The summed E-state index contributed by atoms with van der Waals surface area (Å²) in [6, 6.07) is 3.56. The van der Waals surface area contributed by atoms with E-state index in [0.717, 1.165) is 5.56 Å². The van der Waals surface area contributed by atoms with Crippen LogP contribution >= 0.6 is 27.5 Å². The second kappa shape index (κ2) is 5.01.